The van der Waals surface area contributed by atoms with Crippen molar-refractivity contribution in [3.8, 4) is 0 Å². The molecular weight excluding hydrogens is 242 g/mol. The van der Waals surface area contributed by atoms with Gasteiger partial charge in [0.1, 0.15) is 0 Å². The molecule has 2 rings (SSSR count). The van der Waals surface area contributed by atoms with Crippen LogP contribution in [-0.2, 0) is 0 Å². The predicted molar refractivity (Wildman–Crippen MR) is 72.3 cm³/mol. The second kappa shape index (κ2) is 5.43. The van der Waals surface area contributed by atoms with Crippen LogP contribution in [0.2, 0.25) is 0 Å². The SMILES string of the molecule is CC(C)CN(C(=O)c1cccc(C(=O)O)c1)C1CC1. The summed E-state index contributed by atoms with van der Waals surface area (Å²) in [5.74, 6) is -0.650. The van der Waals surface area contributed by atoms with Gasteiger partial charge in [-0.05, 0) is 37.0 Å². The lowest BCUT2D eigenvalue weighted by atomic mass is 10.1. The quantitative estimate of drug-likeness (QED) is 0.886. The van der Waals surface area contributed by atoms with Crippen LogP contribution in [0.15, 0.2) is 24.3 Å². The number of carbonyl (C=O) groups excluding carboxylic acids is 1. The molecule has 4 heteroatoms. The van der Waals surface area contributed by atoms with Crippen molar-refractivity contribution in [3.63, 3.8) is 0 Å². The summed E-state index contributed by atoms with van der Waals surface area (Å²) in [4.78, 5) is 25.3. The second-order valence-electron chi connectivity index (χ2n) is 5.47. The Morgan fingerprint density at radius 3 is 2.47 bits per heavy atom. The zero-order valence-electron chi connectivity index (χ0n) is 11.3. The molecule has 1 aromatic rings. The van der Waals surface area contributed by atoms with Gasteiger partial charge in [-0.25, -0.2) is 4.79 Å². The van der Waals surface area contributed by atoms with Gasteiger partial charge < -0.3 is 10.0 Å². The molecular formula is C15H19NO3. The molecule has 0 radical (unpaired) electrons. The van der Waals surface area contributed by atoms with E-state index in [-0.39, 0.29) is 11.5 Å². The Balaban J connectivity index is 2.21. The zero-order chi connectivity index (χ0) is 14.0. The Bertz CT molecular complexity index is 492. The van der Waals surface area contributed by atoms with Gasteiger partial charge in [0.25, 0.3) is 5.91 Å². The van der Waals surface area contributed by atoms with E-state index in [2.05, 4.69) is 13.8 Å². The van der Waals surface area contributed by atoms with Gasteiger partial charge in [-0.1, -0.05) is 19.9 Å². The molecule has 0 saturated heterocycles. The Morgan fingerprint density at radius 2 is 1.95 bits per heavy atom. The molecule has 1 aliphatic rings. The highest BCUT2D eigenvalue weighted by atomic mass is 16.4. The van der Waals surface area contributed by atoms with Gasteiger partial charge in [-0.3, -0.25) is 4.79 Å². The van der Waals surface area contributed by atoms with Crippen LogP contribution in [-0.4, -0.2) is 34.5 Å². The van der Waals surface area contributed by atoms with E-state index in [1.54, 1.807) is 12.1 Å². The summed E-state index contributed by atoms with van der Waals surface area (Å²) >= 11 is 0. The van der Waals surface area contributed by atoms with Crippen LogP contribution in [0, 0.1) is 5.92 Å². The molecule has 0 spiro atoms. The molecule has 0 aromatic heterocycles. The van der Waals surface area contributed by atoms with Crippen molar-refractivity contribution in [1.82, 2.24) is 4.90 Å². The van der Waals surface area contributed by atoms with Crippen molar-refractivity contribution in [2.45, 2.75) is 32.7 Å². The number of amides is 1. The number of benzene rings is 1. The van der Waals surface area contributed by atoms with Crippen molar-refractivity contribution < 1.29 is 14.7 Å². The van der Waals surface area contributed by atoms with E-state index < -0.39 is 5.97 Å². The van der Waals surface area contributed by atoms with Crippen LogP contribution in [0.4, 0.5) is 0 Å². The van der Waals surface area contributed by atoms with E-state index in [0.717, 1.165) is 19.4 Å². The summed E-state index contributed by atoms with van der Waals surface area (Å²) in [6.45, 7) is 4.88. The highest BCUT2D eigenvalue weighted by Gasteiger charge is 2.33. The first-order valence-corrected chi connectivity index (χ1v) is 6.63. The number of carbonyl (C=O) groups is 2. The van der Waals surface area contributed by atoms with E-state index in [1.165, 1.54) is 12.1 Å². The third-order valence-electron chi connectivity index (χ3n) is 3.17. The largest absolute Gasteiger partial charge is 0.478 e. The average Bonchev–Trinajstić information content (AvgIpc) is 3.19. The number of rotatable bonds is 5. The Hall–Kier alpha value is -1.84. The normalized spacial score (nSPS) is 14.5. The molecule has 1 amide bonds. The maximum Gasteiger partial charge on any atom is 0.335 e. The van der Waals surface area contributed by atoms with Crippen LogP contribution in [0.1, 0.15) is 47.4 Å². The summed E-state index contributed by atoms with van der Waals surface area (Å²) in [6, 6.07) is 6.61. The van der Waals surface area contributed by atoms with Gasteiger partial charge in [-0.15, -0.1) is 0 Å². The fourth-order valence-electron chi connectivity index (χ4n) is 2.13. The van der Waals surface area contributed by atoms with Crippen LogP contribution >= 0.6 is 0 Å². The van der Waals surface area contributed by atoms with Gasteiger partial charge >= 0.3 is 5.97 Å². The zero-order valence-corrected chi connectivity index (χ0v) is 11.3. The first-order chi connectivity index (χ1) is 8.99. The summed E-state index contributed by atoms with van der Waals surface area (Å²) in [5.41, 5.74) is 0.624. The molecule has 19 heavy (non-hydrogen) atoms. The highest BCUT2D eigenvalue weighted by Crippen LogP contribution is 2.29. The first-order valence-electron chi connectivity index (χ1n) is 6.63. The minimum atomic E-state index is -1.00. The fourth-order valence-corrected chi connectivity index (χ4v) is 2.13. The minimum Gasteiger partial charge on any atom is -0.478 e. The Kier molecular flexibility index (Phi) is 3.88. The number of carboxylic acid groups (broad SMARTS) is 1. The molecule has 102 valence electrons. The molecule has 1 saturated carbocycles. The standard InChI is InChI=1S/C15H19NO3/c1-10(2)9-16(13-6-7-13)14(17)11-4-3-5-12(8-11)15(18)19/h3-5,8,10,13H,6-7,9H2,1-2H3,(H,18,19). The van der Waals surface area contributed by atoms with Crippen LogP contribution in [0.3, 0.4) is 0 Å². The van der Waals surface area contributed by atoms with Crippen molar-refractivity contribution in [2.24, 2.45) is 5.92 Å². The van der Waals surface area contributed by atoms with Crippen LogP contribution in [0.25, 0.3) is 0 Å². The van der Waals surface area contributed by atoms with Crippen molar-refractivity contribution in [3.05, 3.63) is 35.4 Å². The van der Waals surface area contributed by atoms with Crippen molar-refractivity contribution in [2.75, 3.05) is 6.54 Å². The molecule has 1 fully saturated rings. The van der Waals surface area contributed by atoms with Crippen LogP contribution < -0.4 is 0 Å². The monoisotopic (exact) mass is 261 g/mol. The number of aromatic carboxylic acids is 1. The summed E-state index contributed by atoms with van der Waals surface area (Å²) in [6.07, 6.45) is 2.11. The molecule has 1 aliphatic carbocycles. The Labute approximate surface area is 113 Å². The highest BCUT2D eigenvalue weighted by molar-refractivity contribution is 5.97. The molecule has 0 unspecified atom stereocenters. The molecule has 1 N–H and O–H groups in total. The van der Waals surface area contributed by atoms with E-state index in [4.69, 9.17) is 5.11 Å². The van der Waals surface area contributed by atoms with E-state index in [0.29, 0.717) is 17.5 Å². The van der Waals surface area contributed by atoms with Gasteiger partial charge in [0.2, 0.25) is 0 Å². The third-order valence-corrected chi connectivity index (χ3v) is 3.17. The van der Waals surface area contributed by atoms with Gasteiger partial charge in [0, 0.05) is 18.2 Å². The maximum atomic E-state index is 12.5. The van der Waals surface area contributed by atoms with Crippen molar-refractivity contribution in [1.29, 1.82) is 0 Å². The average molecular weight is 261 g/mol. The van der Waals surface area contributed by atoms with E-state index >= 15 is 0 Å². The van der Waals surface area contributed by atoms with Crippen LogP contribution in [0.5, 0.6) is 0 Å². The molecule has 0 heterocycles. The van der Waals surface area contributed by atoms with Gasteiger partial charge in [0.05, 0.1) is 5.56 Å². The number of hydrogen-bond acceptors (Lipinski definition) is 2. The summed E-state index contributed by atoms with van der Waals surface area (Å²) < 4.78 is 0. The second-order valence-corrected chi connectivity index (χ2v) is 5.47. The molecule has 0 atom stereocenters. The smallest absolute Gasteiger partial charge is 0.335 e. The lowest BCUT2D eigenvalue weighted by molar-refractivity contribution is 0.0697. The van der Waals surface area contributed by atoms with Gasteiger partial charge in [-0.2, -0.15) is 0 Å². The summed E-state index contributed by atoms with van der Waals surface area (Å²) in [7, 11) is 0. The third kappa shape index (κ3) is 3.34. The van der Waals surface area contributed by atoms with Gasteiger partial charge in [0.15, 0.2) is 0 Å². The molecule has 0 aliphatic heterocycles. The predicted octanol–water partition coefficient (Wildman–Crippen LogP) is 2.65. The fraction of sp³-hybridized carbons (Fsp3) is 0.467. The Morgan fingerprint density at radius 1 is 1.32 bits per heavy atom. The van der Waals surface area contributed by atoms with E-state index in [9.17, 15) is 9.59 Å². The summed E-state index contributed by atoms with van der Waals surface area (Å²) in [5, 5.41) is 8.97. The number of hydrogen-bond donors (Lipinski definition) is 1. The lowest BCUT2D eigenvalue weighted by Crippen LogP contribution is -2.36. The topological polar surface area (TPSA) is 57.6 Å². The van der Waals surface area contributed by atoms with Crippen molar-refractivity contribution >= 4 is 11.9 Å². The van der Waals surface area contributed by atoms with E-state index in [1.807, 2.05) is 4.90 Å². The molecule has 4 nitrogen and oxygen atoms in total. The molecule has 0 bridgehead atoms. The minimum absolute atomic E-state index is 0.0562. The number of carboxylic acids is 1. The molecule has 1 aromatic carbocycles. The maximum absolute atomic E-state index is 12.5. The number of nitrogens with zero attached hydrogens (tertiary/aromatic N) is 1. The first kappa shape index (κ1) is 13.6. The lowest BCUT2D eigenvalue weighted by Gasteiger charge is -2.24.